The second kappa shape index (κ2) is 5.84. The van der Waals surface area contributed by atoms with Gasteiger partial charge in [-0.05, 0) is 38.8 Å². The van der Waals surface area contributed by atoms with Crippen molar-refractivity contribution in [1.29, 1.82) is 0 Å². The van der Waals surface area contributed by atoms with Gasteiger partial charge < -0.3 is 4.90 Å². The third kappa shape index (κ3) is 2.68. The lowest BCUT2D eigenvalue weighted by Gasteiger charge is -2.16. The van der Waals surface area contributed by atoms with Crippen molar-refractivity contribution in [2.45, 2.75) is 33.2 Å². The van der Waals surface area contributed by atoms with Crippen LogP contribution in [-0.2, 0) is 0 Å². The van der Waals surface area contributed by atoms with Gasteiger partial charge in [-0.1, -0.05) is 11.6 Å². The lowest BCUT2D eigenvalue weighted by atomic mass is 10.2. The number of hydrogen-bond acceptors (Lipinski definition) is 4. The van der Waals surface area contributed by atoms with Gasteiger partial charge in [-0.25, -0.2) is 9.50 Å². The van der Waals surface area contributed by atoms with Crippen LogP contribution in [0.1, 0.15) is 39.9 Å². The van der Waals surface area contributed by atoms with Gasteiger partial charge in [0.05, 0.1) is 11.7 Å². The first-order valence-electron chi connectivity index (χ1n) is 8.26. The molecule has 0 unspecified atom stereocenters. The molecule has 8 heteroatoms. The van der Waals surface area contributed by atoms with Crippen LogP contribution in [0.2, 0.25) is 5.02 Å². The Kier molecular flexibility index (Phi) is 3.76. The molecule has 1 aliphatic heterocycles. The number of aromatic nitrogens is 5. The van der Waals surface area contributed by atoms with Gasteiger partial charge in [-0.2, -0.15) is 10.2 Å². The molecule has 25 heavy (non-hydrogen) atoms. The van der Waals surface area contributed by atoms with Crippen molar-refractivity contribution in [2.75, 3.05) is 13.1 Å². The van der Waals surface area contributed by atoms with Crippen molar-refractivity contribution in [3.8, 4) is 0 Å². The number of amides is 1. The Morgan fingerprint density at radius 2 is 2.08 bits per heavy atom. The summed E-state index contributed by atoms with van der Waals surface area (Å²) >= 11 is 6.35. The third-order valence-electron chi connectivity index (χ3n) is 4.59. The zero-order valence-electron chi connectivity index (χ0n) is 14.4. The van der Waals surface area contributed by atoms with Gasteiger partial charge in [0.1, 0.15) is 5.02 Å². The van der Waals surface area contributed by atoms with Gasteiger partial charge in [0.2, 0.25) is 0 Å². The number of hydrogen-bond donors (Lipinski definition) is 0. The van der Waals surface area contributed by atoms with Crippen molar-refractivity contribution in [3.05, 3.63) is 46.1 Å². The van der Waals surface area contributed by atoms with Crippen molar-refractivity contribution in [3.63, 3.8) is 0 Å². The molecule has 0 spiro atoms. The van der Waals surface area contributed by atoms with E-state index in [1.165, 1.54) is 0 Å². The average Bonchev–Trinajstić information content (AvgIpc) is 3.25. The molecule has 4 rings (SSSR count). The minimum absolute atomic E-state index is 0.155. The second-order valence-corrected chi connectivity index (χ2v) is 7.01. The maximum absolute atomic E-state index is 12.9. The summed E-state index contributed by atoms with van der Waals surface area (Å²) < 4.78 is 3.58. The van der Waals surface area contributed by atoms with Crippen molar-refractivity contribution < 1.29 is 4.79 Å². The molecule has 0 saturated carbocycles. The van der Waals surface area contributed by atoms with Gasteiger partial charge >= 0.3 is 0 Å². The van der Waals surface area contributed by atoms with Gasteiger partial charge in [0.15, 0.2) is 11.3 Å². The highest BCUT2D eigenvalue weighted by Gasteiger charge is 2.32. The van der Waals surface area contributed by atoms with Crippen molar-refractivity contribution in [1.82, 2.24) is 29.3 Å². The molecule has 1 aliphatic rings. The number of carbonyl (C=O) groups is 1. The van der Waals surface area contributed by atoms with Crippen LogP contribution in [0.5, 0.6) is 0 Å². The largest absolute Gasteiger partial charge is 0.335 e. The van der Waals surface area contributed by atoms with Gasteiger partial charge in [0.25, 0.3) is 5.91 Å². The minimum atomic E-state index is -0.155. The van der Waals surface area contributed by atoms with E-state index in [2.05, 4.69) is 21.2 Å². The maximum atomic E-state index is 12.9. The summed E-state index contributed by atoms with van der Waals surface area (Å²) in [6.07, 6.45) is 4.40. The Labute approximate surface area is 150 Å². The number of halogens is 1. The Morgan fingerprint density at radius 3 is 2.80 bits per heavy atom. The monoisotopic (exact) mass is 358 g/mol. The normalized spacial score (nSPS) is 17.6. The molecule has 0 bridgehead atoms. The molecule has 3 aromatic rings. The Balaban J connectivity index is 1.60. The van der Waals surface area contributed by atoms with E-state index >= 15 is 0 Å². The summed E-state index contributed by atoms with van der Waals surface area (Å²) in [7, 11) is 0. The first-order chi connectivity index (χ1) is 11.9. The standard InChI is InChI=1S/C17H19ClN6O/c1-10-7-19-16-14(18)15(21-23(16)8-10)17(25)22-5-4-13(9-22)24-12(3)6-11(2)20-24/h6-8,13H,4-5,9H2,1-3H3/t13-/m1/s1. The highest BCUT2D eigenvalue weighted by atomic mass is 35.5. The second-order valence-electron chi connectivity index (χ2n) is 6.63. The van der Waals surface area contributed by atoms with Crippen LogP contribution in [0.25, 0.3) is 5.65 Å². The fraction of sp³-hybridized carbons (Fsp3) is 0.412. The number of carbonyl (C=O) groups excluding carboxylic acids is 1. The lowest BCUT2D eigenvalue weighted by Crippen LogP contribution is -2.30. The molecular formula is C17H19ClN6O. The van der Waals surface area contributed by atoms with Crippen LogP contribution in [0.3, 0.4) is 0 Å². The van der Waals surface area contributed by atoms with Gasteiger partial charge in [0, 0.05) is 31.2 Å². The fourth-order valence-electron chi connectivity index (χ4n) is 3.43. The highest BCUT2D eigenvalue weighted by molar-refractivity contribution is 6.36. The van der Waals surface area contributed by atoms with E-state index < -0.39 is 0 Å². The van der Waals surface area contributed by atoms with Crippen LogP contribution < -0.4 is 0 Å². The molecule has 1 atom stereocenters. The predicted octanol–water partition coefficient (Wildman–Crippen LogP) is 2.59. The van der Waals surface area contributed by atoms with Gasteiger partial charge in [-0.3, -0.25) is 9.48 Å². The smallest absolute Gasteiger partial charge is 0.276 e. The summed E-state index contributed by atoms with van der Waals surface area (Å²) in [6.45, 7) is 7.21. The number of nitrogens with zero attached hydrogens (tertiary/aromatic N) is 6. The fourth-order valence-corrected chi connectivity index (χ4v) is 3.68. The van der Waals surface area contributed by atoms with E-state index in [9.17, 15) is 4.79 Å². The number of fused-ring (bicyclic) bond motifs is 1. The van der Waals surface area contributed by atoms with E-state index in [0.29, 0.717) is 23.8 Å². The summed E-state index contributed by atoms with van der Waals surface area (Å²) in [5.41, 5.74) is 3.82. The van der Waals surface area contributed by atoms with E-state index in [1.54, 1.807) is 15.6 Å². The van der Waals surface area contributed by atoms with Crippen LogP contribution in [0.4, 0.5) is 0 Å². The molecule has 1 saturated heterocycles. The third-order valence-corrected chi connectivity index (χ3v) is 4.94. The van der Waals surface area contributed by atoms with Crippen LogP contribution in [-0.4, -0.2) is 48.3 Å². The number of likely N-dealkylation sites (tertiary alicyclic amines) is 1. The first kappa shape index (κ1) is 16.1. The zero-order valence-corrected chi connectivity index (χ0v) is 15.2. The maximum Gasteiger partial charge on any atom is 0.276 e. The van der Waals surface area contributed by atoms with Crippen molar-refractivity contribution in [2.24, 2.45) is 0 Å². The molecule has 0 radical (unpaired) electrons. The molecule has 4 heterocycles. The Morgan fingerprint density at radius 1 is 1.28 bits per heavy atom. The van der Waals surface area contributed by atoms with E-state index in [-0.39, 0.29) is 17.6 Å². The molecule has 1 amide bonds. The number of rotatable bonds is 2. The molecular weight excluding hydrogens is 340 g/mol. The summed E-state index contributed by atoms with van der Waals surface area (Å²) in [4.78, 5) is 19.0. The molecule has 1 fully saturated rings. The topological polar surface area (TPSA) is 68.3 Å². The van der Waals surface area contributed by atoms with E-state index in [0.717, 1.165) is 23.4 Å². The van der Waals surface area contributed by atoms with Crippen LogP contribution in [0, 0.1) is 20.8 Å². The molecule has 130 valence electrons. The summed E-state index contributed by atoms with van der Waals surface area (Å²) in [6, 6.07) is 2.24. The Hall–Kier alpha value is -2.41. The van der Waals surface area contributed by atoms with Crippen LogP contribution >= 0.6 is 11.6 Å². The zero-order chi connectivity index (χ0) is 17.7. The minimum Gasteiger partial charge on any atom is -0.335 e. The number of aryl methyl sites for hydroxylation is 3. The first-order valence-corrected chi connectivity index (χ1v) is 8.64. The molecule has 7 nitrogen and oxygen atoms in total. The molecule has 0 aromatic carbocycles. The van der Waals surface area contributed by atoms with Crippen LogP contribution in [0.15, 0.2) is 18.5 Å². The summed E-state index contributed by atoms with van der Waals surface area (Å²) in [5.74, 6) is -0.155. The van der Waals surface area contributed by atoms with Gasteiger partial charge in [-0.15, -0.1) is 0 Å². The molecule has 0 N–H and O–H groups in total. The molecule has 0 aliphatic carbocycles. The molecule has 3 aromatic heterocycles. The predicted molar refractivity (Wildman–Crippen MR) is 94.0 cm³/mol. The quantitative estimate of drug-likeness (QED) is 0.706. The lowest BCUT2D eigenvalue weighted by molar-refractivity contribution is 0.0781. The summed E-state index contributed by atoms with van der Waals surface area (Å²) in [5, 5.41) is 9.19. The SMILES string of the molecule is Cc1cnc2c(Cl)c(C(=O)N3CC[C@@H](n4nc(C)cc4C)C3)nn2c1. The Bertz CT molecular complexity index is 975. The van der Waals surface area contributed by atoms with E-state index in [4.69, 9.17) is 11.6 Å². The van der Waals surface area contributed by atoms with Crippen molar-refractivity contribution >= 4 is 23.2 Å². The van der Waals surface area contributed by atoms with E-state index in [1.807, 2.05) is 31.6 Å². The highest BCUT2D eigenvalue weighted by Crippen LogP contribution is 2.27. The average molecular weight is 359 g/mol.